The van der Waals surface area contributed by atoms with Crippen LogP contribution in [0, 0.1) is 0 Å². The molecule has 0 unspecified atom stereocenters. The SMILES string of the molecule is COC(=O)[C@H](Cc1ccc(C(F)(F)F)cc1)NC(=O)c1cccc(Br)c1. The van der Waals surface area contributed by atoms with Crippen LogP contribution in [-0.2, 0) is 22.1 Å². The molecular formula is C18H15BrF3NO3. The summed E-state index contributed by atoms with van der Waals surface area (Å²) in [5.74, 6) is -1.18. The van der Waals surface area contributed by atoms with E-state index in [0.29, 0.717) is 15.6 Å². The summed E-state index contributed by atoms with van der Waals surface area (Å²) in [5.41, 5.74) is 0.0117. The van der Waals surface area contributed by atoms with E-state index in [9.17, 15) is 22.8 Å². The van der Waals surface area contributed by atoms with Gasteiger partial charge in [0.05, 0.1) is 12.7 Å². The predicted octanol–water partition coefficient (Wildman–Crippen LogP) is 3.98. The molecule has 138 valence electrons. The smallest absolute Gasteiger partial charge is 0.416 e. The summed E-state index contributed by atoms with van der Waals surface area (Å²) in [6.45, 7) is 0. The van der Waals surface area contributed by atoms with Crippen LogP contribution in [0.25, 0.3) is 0 Å². The van der Waals surface area contributed by atoms with Crippen LogP contribution in [0.1, 0.15) is 21.5 Å². The van der Waals surface area contributed by atoms with Crippen molar-refractivity contribution in [2.45, 2.75) is 18.6 Å². The van der Waals surface area contributed by atoms with Gasteiger partial charge < -0.3 is 10.1 Å². The Labute approximate surface area is 156 Å². The predicted molar refractivity (Wildman–Crippen MR) is 92.6 cm³/mol. The van der Waals surface area contributed by atoms with Gasteiger partial charge in [-0.1, -0.05) is 34.1 Å². The average Bonchev–Trinajstić information content (AvgIpc) is 2.60. The molecule has 0 aliphatic heterocycles. The quantitative estimate of drug-likeness (QED) is 0.731. The topological polar surface area (TPSA) is 55.4 Å². The van der Waals surface area contributed by atoms with Crippen molar-refractivity contribution in [3.8, 4) is 0 Å². The normalized spacial score (nSPS) is 12.3. The van der Waals surface area contributed by atoms with Crippen LogP contribution in [0.5, 0.6) is 0 Å². The van der Waals surface area contributed by atoms with Crippen molar-refractivity contribution in [1.29, 1.82) is 0 Å². The van der Waals surface area contributed by atoms with E-state index in [1.54, 1.807) is 24.3 Å². The number of nitrogens with one attached hydrogen (secondary N) is 1. The highest BCUT2D eigenvalue weighted by Gasteiger charge is 2.30. The molecule has 0 aliphatic rings. The Kier molecular flexibility index (Phi) is 6.42. The van der Waals surface area contributed by atoms with Crippen LogP contribution in [0.2, 0.25) is 0 Å². The standard InChI is InChI=1S/C18H15BrF3NO3/c1-26-17(25)15(23-16(24)12-3-2-4-14(19)10-12)9-11-5-7-13(8-6-11)18(20,21)22/h2-8,10,15H,9H2,1H3,(H,23,24)/t15-/m0/s1. The lowest BCUT2D eigenvalue weighted by atomic mass is 10.0. The number of esters is 1. The Balaban J connectivity index is 2.15. The van der Waals surface area contributed by atoms with E-state index < -0.39 is 29.7 Å². The van der Waals surface area contributed by atoms with Gasteiger partial charge in [-0.2, -0.15) is 13.2 Å². The van der Waals surface area contributed by atoms with Gasteiger partial charge >= 0.3 is 12.1 Å². The molecule has 4 nitrogen and oxygen atoms in total. The molecule has 0 fully saturated rings. The molecule has 0 radical (unpaired) electrons. The van der Waals surface area contributed by atoms with E-state index in [2.05, 4.69) is 26.0 Å². The van der Waals surface area contributed by atoms with E-state index in [-0.39, 0.29) is 6.42 Å². The van der Waals surface area contributed by atoms with Crippen LogP contribution >= 0.6 is 15.9 Å². The van der Waals surface area contributed by atoms with Crippen LogP contribution < -0.4 is 5.32 Å². The number of carbonyl (C=O) groups is 2. The number of halogens is 4. The van der Waals surface area contributed by atoms with Crippen LogP contribution in [-0.4, -0.2) is 25.0 Å². The third kappa shape index (κ3) is 5.32. The number of amides is 1. The second kappa shape index (κ2) is 8.35. The summed E-state index contributed by atoms with van der Waals surface area (Å²) in [6, 6.07) is 9.95. The molecule has 26 heavy (non-hydrogen) atoms. The average molecular weight is 430 g/mol. The van der Waals surface area contributed by atoms with E-state index >= 15 is 0 Å². The fraction of sp³-hybridized carbons (Fsp3) is 0.222. The summed E-state index contributed by atoms with van der Waals surface area (Å²) in [4.78, 5) is 24.3. The maximum absolute atomic E-state index is 12.6. The number of carbonyl (C=O) groups excluding carboxylic acids is 2. The zero-order valence-electron chi connectivity index (χ0n) is 13.6. The summed E-state index contributed by atoms with van der Waals surface area (Å²) in [5, 5.41) is 2.55. The highest BCUT2D eigenvalue weighted by molar-refractivity contribution is 9.10. The Hall–Kier alpha value is -2.35. The van der Waals surface area contributed by atoms with Gasteiger partial charge in [-0.15, -0.1) is 0 Å². The molecule has 2 aromatic rings. The summed E-state index contributed by atoms with van der Waals surface area (Å²) in [6.07, 6.45) is -4.43. The van der Waals surface area contributed by atoms with Crippen molar-refractivity contribution >= 4 is 27.8 Å². The second-order valence-electron chi connectivity index (χ2n) is 5.46. The van der Waals surface area contributed by atoms with Gasteiger partial charge in [0.15, 0.2) is 0 Å². The number of ether oxygens (including phenoxy) is 1. The van der Waals surface area contributed by atoms with Crippen molar-refractivity contribution in [3.63, 3.8) is 0 Å². The van der Waals surface area contributed by atoms with Crippen molar-refractivity contribution in [1.82, 2.24) is 5.32 Å². The minimum absolute atomic E-state index is 0.00452. The molecule has 8 heteroatoms. The molecule has 0 aliphatic carbocycles. The largest absolute Gasteiger partial charge is 0.467 e. The van der Waals surface area contributed by atoms with E-state index in [1.165, 1.54) is 19.2 Å². The lowest BCUT2D eigenvalue weighted by Crippen LogP contribution is -2.43. The lowest BCUT2D eigenvalue weighted by molar-refractivity contribution is -0.143. The monoisotopic (exact) mass is 429 g/mol. The molecule has 0 saturated carbocycles. The fourth-order valence-corrected chi connectivity index (χ4v) is 2.67. The molecule has 0 aromatic heterocycles. The molecule has 1 atom stereocenters. The number of rotatable bonds is 5. The Morgan fingerprint density at radius 3 is 2.35 bits per heavy atom. The van der Waals surface area contributed by atoms with E-state index in [0.717, 1.165) is 12.1 Å². The van der Waals surface area contributed by atoms with Crippen LogP contribution in [0.4, 0.5) is 13.2 Å². The molecule has 0 spiro atoms. The van der Waals surface area contributed by atoms with Gasteiger partial charge in [0.1, 0.15) is 6.04 Å². The number of alkyl halides is 3. The third-order valence-electron chi connectivity index (χ3n) is 3.60. The number of benzene rings is 2. The van der Waals surface area contributed by atoms with Crippen molar-refractivity contribution in [2.24, 2.45) is 0 Å². The van der Waals surface area contributed by atoms with Gasteiger partial charge in [0, 0.05) is 16.5 Å². The molecule has 1 N–H and O–H groups in total. The first-order valence-electron chi connectivity index (χ1n) is 7.51. The molecule has 0 saturated heterocycles. The first-order valence-corrected chi connectivity index (χ1v) is 8.30. The fourth-order valence-electron chi connectivity index (χ4n) is 2.27. The van der Waals surface area contributed by atoms with E-state index in [4.69, 9.17) is 0 Å². The molecule has 2 rings (SSSR count). The number of hydrogen-bond acceptors (Lipinski definition) is 3. The maximum Gasteiger partial charge on any atom is 0.416 e. The Morgan fingerprint density at radius 2 is 1.81 bits per heavy atom. The first-order chi connectivity index (χ1) is 12.2. The lowest BCUT2D eigenvalue weighted by Gasteiger charge is -2.17. The highest BCUT2D eigenvalue weighted by atomic mass is 79.9. The minimum atomic E-state index is -4.44. The second-order valence-corrected chi connectivity index (χ2v) is 6.37. The van der Waals surface area contributed by atoms with Crippen molar-refractivity contribution in [3.05, 3.63) is 69.7 Å². The summed E-state index contributed by atoms with van der Waals surface area (Å²) >= 11 is 3.25. The van der Waals surface area contributed by atoms with Crippen molar-refractivity contribution in [2.75, 3.05) is 7.11 Å². The van der Waals surface area contributed by atoms with Crippen molar-refractivity contribution < 1.29 is 27.5 Å². The van der Waals surface area contributed by atoms with Gasteiger partial charge in [0.2, 0.25) is 0 Å². The van der Waals surface area contributed by atoms with Gasteiger partial charge in [-0.25, -0.2) is 4.79 Å². The zero-order valence-corrected chi connectivity index (χ0v) is 15.2. The number of hydrogen-bond donors (Lipinski definition) is 1. The summed E-state index contributed by atoms with van der Waals surface area (Å²) < 4.78 is 43.2. The van der Waals surface area contributed by atoms with Crippen LogP contribution in [0.15, 0.2) is 53.0 Å². The van der Waals surface area contributed by atoms with Gasteiger partial charge in [-0.05, 0) is 35.9 Å². The van der Waals surface area contributed by atoms with E-state index in [1.807, 2.05) is 0 Å². The Bertz CT molecular complexity index is 791. The van der Waals surface area contributed by atoms with Gasteiger partial charge in [-0.3, -0.25) is 4.79 Å². The first kappa shape index (κ1) is 20.0. The molecule has 2 aromatic carbocycles. The molecular weight excluding hydrogens is 415 g/mol. The Morgan fingerprint density at radius 1 is 1.15 bits per heavy atom. The third-order valence-corrected chi connectivity index (χ3v) is 4.09. The zero-order chi connectivity index (χ0) is 19.3. The minimum Gasteiger partial charge on any atom is -0.467 e. The van der Waals surface area contributed by atoms with Gasteiger partial charge in [0.25, 0.3) is 5.91 Å². The highest BCUT2D eigenvalue weighted by Crippen LogP contribution is 2.29. The maximum atomic E-state index is 12.6. The summed E-state index contributed by atoms with van der Waals surface area (Å²) in [7, 11) is 1.17. The molecule has 0 heterocycles. The molecule has 1 amide bonds. The van der Waals surface area contributed by atoms with Crippen LogP contribution in [0.3, 0.4) is 0 Å². The molecule has 0 bridgehead atoms. The number of methoxy groups -OCH3 is 1.